The number of aliphatic hydroxyl groups excluding tert-OH is 5. The van der Waals surface area contributed by atoms with Crippen molar-refractivity contribution in [2.45, 2.75) is 141 Å². The number of hydrogen-bond acceptors (Lipinski definition) is 11. The first-order valence-corrected chi connectivity index (χ1v) is 18.1. The molecule has 0 radical (unpaired) electrons. The number of allylic oxidation sites excluding steroid dienone is 1. The zero-order valence-corrected chi connectivity index (χ0v) is 30.0. The van der Waals surface area contributed by atoms with Crippen LogP contribution in [-0.4, -0.2) is 110 Å². The molecule has 278 valence electrons. The van der Waals surface area contributed by atoms with Gasteiger partial charge in [-0.25, -0.2) is 0 Å². The fraction of sp³-hybridized carbons (Fsp3) is 0.892. The van der Waals surface area contributed by atoms with Crippen LogP contribution in [0.3, 0.4) is 0 Å². The maximum absolute atomic E-state index is 14.6. The van der Waals surface area contributed by atoms with Gasteiger partial charge in [-0.05, 0) is 99.2 Å². The molecule has 0 unspecified atom stereocenters. The highest BCUT2D eigenvalue weighted by atomic mass is 16.7. The smallest absolute Gasteiger partial charge is 0.315 e. The molecular formula is C37H58O12. The summed E-state index contributed by atoms with van der Waals surface area (Å²) in [6, 6.07) is 0. The highest BCUT2D eigenvalue weighted by molar-refractivity contribution is 5.79. The van der Waals surface area contributed by atoms with Crippen molar-refractivity contribution >= 4 is 11.9 Å². The van der Waals surface area contributed by atoms with Gasteiger partial charge in [0.15, 0.2) is 0 Å². The number of aliphatic hydroxyl groups is 6. The molecule has 0 spiro atoms. The van der Waals surface area contributed by atoms with E-state index in [0.717, 1.165) is 5.57 Å². The van der Waals surface area contributed by atoms with E-state index in [1.54, 1.807) is 13.8 Å². The number of hydrogen-bond donors (Lipinski definition) is 7. The molecule has 5 fully saturated rings. The van der Waals surface area contributed by atoms with Crippen molar-refractivity contribution in [1.29, 1.82) is 0 Å². The van der Waals surface area contributed by atoms with E-state index < -0.39 is 88.0 Å². The molecule has 49 heavy (non-hydrogen) atoms. The van der Waals surface area contributed by atoms with Crippen molar-refractivity contribution in [3.05, 3.63) is 11.6 Å². The summed E-state index contributed by atoms with van der Waals surface area (Å²) in [7, 11) is 1.41. The molecule has 1 heterocycles. The largest absolute Gasteiger partial charge is 0.481 e. The van der Waals surface area contributed by atoms with E-state index in [2.05, 4.69) is 26.8 Å². The summed E-state index contributed by atoms with van der Waals surface area (Å²) in [6.45, 7) is 11.8. The number of carbonyl (C=O) groups excluding carboxylic acids is 1. The van der Waals surface area contributed by atoms with Crippen LogP contribution in [0.15, 0.2) is 11.6 Å². The molecule has 0 amide bonds. The lowest BCUT2D eigenvalue weighted by molar-refractivity contribution is -0.300. The summed E-state index contributed by atoms with van der Waals surface area (Å²) in [6.07, 6.45) is -3.67. The van der Waals surface area contributed by atoms with E-state index in [9.17, 15) is 45.3 Å². The SMILES string of the molecule is COC[C@H]1O[C@@H](OC(=O)[C@]23CC[C@@H](C)[C@@](C)(O)[C@H]2C2=CC[C@@H]4[C@@]5(C)C[C@@H](O)[C@H](O)[C@@](C)(C(=O)O)[C@@H]5CC[C@@]4(C)[C@]2(C)CC3)[C@H](O)[C@@H](O)[C@@H]1O. The number of esters is 1. The quantitative estimate of drug-likeness (QED) is 0.164. The van der Waals surface area contributed by atoms with Crippen LogP contribution in [0.4, 0.5) is 0 Å². The van der Waals surface area contributed by atoms with E-state index >= 15 is 0 Å². The highest BCUT2D eigenvalue weighted by Crippen LogP contribution is 2.76. The predicted octanol–water partition coefficient (Wildman–Crippen LogP) is 2.15. The minimum Gasteiger partial charge on any atom is -0.481 e. The molecule has 0 bridgehead atoms. The second-order valence-corrected chi connectivity index (χ2v) is 17.7. The highest BCUT2D eigenvalue weighted by Gasteiger charge is 2.73. The first kappa shape index (κ1) is 37.1. The molecule has 17 atom stereocenters. The van der Waals surface area contributed by atoms with Gasteiger partial charge in [0.1, 0.15) is 24.4 Å². The van der Waals surface area contributed by atoms with Gasteiger partial charge in [-0.1, -0.05) is 39.3 Å². The average molecular weight is 695 g/mol. The Kier molecular flexibility index (Phi) is 9.05. The van der Waals surface area contributed by atoms with Gasteiger partial charge in [-0.15, -0.1) is 0 Å². The number of carboxylic acids is 1. The zero-order valence-electron chi connectivity index (χ0n) is 30.0. The Morgan fingerprint density at radius 2 is 1.59 bits per heavy atom. The minimum atomic E-state index is -1.69. The third kappa shape index (κ3) is 4.84. The van der Waals surface area contributed by atoms with Crippen LogP contribution in [0, 0.1) is 50.7 Å². The Morgan fingerprint density at radius 1 is 0.918 bits per heavy atom. The van der Waals surface area contributed by atoms with Crippen molar-refractivity contribution in [3.63, 3.8) is 0 Å². The number of methoxy groups -OCH3 is 1. The molecule has 7 N–H and O–H groups in total. The lowest BCUT2D eigenvalue weighted by Crippen LogP contribution is -2.70. The molecule has 6 aliphatic rings. The van der Waals surface area contributed by atoms with Crippen LogP contribution in [-0.2, 0) is 23.8 Å². The van der Waals surface area contributed by atoms with E-state index in [0.29, 0.717) is 44.9 Å². The first-order chi connectivity index (χ1) is 22.7. The molecule has 1 saturated heterocycles. The fourth-order valence-corrected chi connectivity index (χ4v) is 12.5. The van der Waals surface area contributed by atoms with E-state index in [-0.39, 0.29) is 36.2 Å². The van der Waals surface area contributed by atoms with Crippen LogP contribution in [0.5, 0.6) is 0 Å². The van der Waals surface area contributed by atoms with Gasteiger partial charge in [0.2, 0.25) is 6.29 Å². The summed E-state index contributed by atoms with van der Waals surface area (Å²) in [4.78, 5) is 27.3. The van der Waals surface area contributed by atoms with E-state index in [1.807, 2.05) is 6.92 Å². The summed E-state index contributed by atoms with van der Waals surface area (Å²) in [5, 5.41) is 76.8. The summed E-state index contributed by atoms with van der Waals surface area (Å²) < 4.78 is 16.8. The van der Waals surface area contributed by atoms with Crippen LogP contribution in [0.25, 0.3) is 0 Å². The molecule has 0 aromatic heterocycles. The molecule has 12 heteroatoms. The van der Waals surface area contributed by atoms with Crippen LogP contribution < -0.4 is 0 Å². The summed E-state index contributed by atoms with van der Waals surface area (Å²) in [5.74, 6) is -2.90. The van der Waals surface area contributed by atoms with Crippen molar-refractivity contribution < 1.29 is 59.5 Å². The van der Waals surface area contributed by atoms with Gasteiger partial charge in [0, 0.05) is 13.0 Å². The van der Waals surface area contributed by atoms with Crippen molar-refractivity contribution in [1.82, 2.24) is 0 Å². The second-order valence-electron chi connectivity index (χ2n) is 17.7. The third-order valence-corrected chi connectivity index (χ3v) is 15.8. The van der Waals surface area contributed by atoms with Gasteiger partial charge in [0.25, 0.3) is 0 Å². The predicted molar refractivity (Wildman–Crippen MR) is 174 cm³/mol. The van der Waals surface area contributed by atoms with Gasteiger partial charge in [0.05, 0.1) is 35.2 Å². The Labute approximate surface area is 288 Å². The Morgan fingerprint density at radius 3 is 2.22 bits per heavy atom. The van der Waals surface area contributed by atoms with Gasteiger partial charge in [-0.3, -0.25) is 9.59 Å². The molecule has 1 aliphatic heterocycles. The molecule has 4 saturated carbocycles. The topological polar surface area (TPSA) is 203 Å². The first-order valence-electron chi connectivity index (χ1n) is 18.1. The Balaban J connectivity index is 1.40. The van der Waals surface area contributed by atoms with Crippen molar-refractivity contribution in [3.8, 4) is 0 Å². The number of rotatable bonds is 5. The molecule has 12 nitrogen and oxygen atoms in total. The minimum absolute atomic E-state index is 0.0323. The Bertz CT molecular complexity index is 1370. The zero-order chi connectivity index (χ0) is 36.3. The summed E-state index contributed by atoms with van der Waals surface area (Å²) >= 11 is 0. The van der Waals surface area contributed by atoms with E-state index in [4.69, 9.17) is 14.2 Å². The number of fused-ring (bicyclic) bond motifs is 7. The van der Waals surface area contributed by atoms with Crippen molar-refractivity contribution in [2.24, 2.45) is 50.7 Å². The van der Waals surface area contributed by atoms with Gasteiger partial charge >= 0.3 is 11.9 Å². The standard InChI is InChI=1S/C37H58O12/c1-18-10-13-37(31(45)49-29-26(41)25(40)24(39)21(48-29)17-47-7)15-14-33(3)19(27(37)36(18,6)46)8-9-22-32(2)16-20(38)28(42)35(5,30(43)44)23(32)11-12-34(22,33)4/h8,18,20-29,38-42,46H,9-17H2,1-7H3,(H,43,44)/t18-,20-,21-,22-,23-,24-,25+,26-,27-,28+,29+,32-,33-,34-,35+,36-,37+/m1/s1. The normalized spacial score (nSPS) is 55.5. The lowest BCUT2D eigenvalue weighted by Gasteiger charge is -2.71. The maximum Gasteiger partial charge on any atom is 0.315 e. The number of aliphatic carboxylic acids is 1. The second kappa shape index (κ2) is 11.9. The monoisotopic (exact) mass is 694 g/mol. The number of ether oxygens (including phenoxy) is 3. The molecular weight excluding hydrogens is 636 g/mol. The molecule has 5 aliphatic carbocycles. The summed E-state index contributed by atoms with van der Waals surface area (Å²) in [5.41, 5.74) is -4.45. The third-order valence-electron chi connectivity index (χ3n) is 15.8. The van der Waals surface area contributed by atoms with Crippen LogP contribution >= 0.6 is 0 Å². The van der Waals surface area contributed by atoms with E-state index in [1.165, 1.54) is 7.11 Å². The maximum atomic E-state index is 14.6. The van der Waals surface area contributed by atoms with Crippen LogP contribution in [0.1, 0.15) is 92.9 Å². The number of carbonyl (C=O) groups is 2. The van der Waals surface area contributed by atoms with Gasteiger partial charge in [-0.2, -0.15) is 0 Å². The average Bonchev–Trinajstić information content (AvgIpc) is 3.03. The van der Waals surface area contributed by atoms with Crippen LogP contribution in [0.2, 0.25) is 0 Å². The number of carboxylic acid groups (broad SMARTS) is 1. The molecule has 0 aromatic rings. The Hall–Kier alpha value is -1.64. The molecule has 0 aromatic carbocycles. The fourth-order valence-electron chi connectivity index (χ4n) is 12.5. The van der Waals surface area contributed by atoms with Crippen molar-refractivity contribution in [2.75, 3.05) is 13.7 Å². The molecule has 6 rings (SSSR count). The lowest BCUT2D eigenvalue weighted by atomic mass is 9.33. The van der Waals surface area contributed by atoms with Gasteiger partial charge < -0.3 is 50.0 Å².